The zero-order chi connectivity index (χ0) is 22.5. The Bertz CT molecular complexity index is 1220. The molecule has 0 radical (unpaired) electrons. The summed E-state index contributed by atoms with van der Waals surface area (Å²) < 4.78 is 0. The third-order valence-electron chi connectivity index (χ3n) is 5.60. The molecule has 5 nitrogen and oxygen atoms in total. The largest absolute Gasteiger partial charge is 0.361 e. The van der Waals surface area contributed by atoms with Crippen LogP contribution < -0.4 is 10.6 Å². The van der Waals surface area contributed by atoms with Gasteiger partial charge in [-0.15, -0.1) is 0 Å². The van der Waals surface area contributed by atoms with E-state index in [2.05, 4.69) is 33.8 Å². The zero-order valence-electron chi connectivity index (χ0n) is 18.3. The molecule has 4 aromatic rings. The number of hydrogen-bond acceptors (Lipinski definition) is 2. The molecule has 5 heteroatoms. The summed E-state index contributed by atoms with van der Waals surface area (Å²) in [5.41, 5.74) is 5.92. The van der Waals surface area contributed by atoms with Gasteiger partial charge in [-0.1, -0.05) is 65.7 Å². The first kappa shape index (κ1) is 21.4. The van der Waals surface area contributed by atoms with E-state index in [1.165, 1.54) is 0 Å². The van der Waals surface area contributed by atoms with Crippen molar-refractivity contribution in [3.05, 3.63) is 107 Å². The van der Waals surface area contributed by atoms with Gasteiger partial charge in [0.2, 0.25) is 5.91 Å². The lowest BCUT2D eigenvalue weighted by Gasteiger charge is -2.18. The average molecular weight is 426 g/mol. The normalized spacial score (nSPS) is 11.8. The fourth-order valence-corrected chi connectivity index (χ4v) is 4.12. The Morgan fingerprint density at radius 3 is 2.31 bits per heavy atom. The van der Waals surface area contributed by atoms with Crippen molar-refractivity contribution in [2.75, 3.05) is 13.1 Å². The molecule has 2 amide bonds. The summed E-state index contributed by atoms with van der Waals surface area (Å²) in [6.45, 7) is 4.27. The number of aromatic nitrogens is 1. The Balaban J connectivity index is 1.44. The first-order valence-corrected chi connectivity index (χ1v) is 10.8. The van der Waals surface area contributed by atoms with E-state index < -0.39 is 0 Å². The number of carbonyl (C=O) groups is 2. The number of amides is 2. The van der Waals surface area contributed by atoms with Crippen LogP contribution in [0.1, 0.15) is 38.5 Å². The quantitative estimate of drug-likeness (QED) is 0.409. The molecule has 0 aliphatic rings. The molecule has 1 unspecified atom stereocenters. The van der Waals surface area contributed by atoms with Crippen LogP contribution in [0.3, 0.4) is 0 Å². The lowest BCUT2D eigenvalue weighted by atomic mass is 9.91. The predicted octanol–water partition coefficient (Wildman–Crippen LogP) is 4.46. The molecule has 0 saturated heterocycles. The smallest absolute Gasteiger partial charge is 0.251 e. The van der Waals surface area contributed by atoms with Crippen molar-refractivity contribution in [1.29, 1.82) is 0 Å². The lowest BCUT2D eigenvalue weighted by molar-refractivity contribution is -0.120. The van der Waals surface area contributed by atoms with Gasteiger partial charge in [0.15, 0.2) is 0 Å². The number of fused-ring (bicyclic) bond motifs is 1. The highest BCUT2D eigenvalue weighted by molar-refractivity contribution is 5.96. The maximum atomic E-state index is 12.5. The van der Waals surface area contributed by atoms with Crippen molar-refractivity contribution < 1.29 is 9.59 Å². The van der Waals surface area contributed by atoms with E-state index in [1.54, 1.807) is 0 Å². The van der Waals surface area contributed by atoms with Crippen LogP contribution in [0.2, 0.25) is 0 Å². The van der Waals surface area contributed by atoms with Gasteiger partial charge in [0.05, 0.1) is 6.54 Å². The Kier molecular flexibility index (Phi) is 6.36. The standard InChI is InChI=1S/C27H27N3O2/c1-18-12-19(2)14-21(13-18)27(32)30-17-26(31)29-15-23(20-8-4-3-5-9-20)24-16-28-25-11-7-6-10-22(24)25/h3-14,16,23,28H,15,17H2,1-2H3,(H,29,31)(H,30,32). The fraction of sp³-hybridized carbons (Fsp3) is 0.185. The molecule has 1 atom stereocenters. The van der Waals surface area contributed by atoms with Gasteiger partial charge in [-0.05, 0) is 43.2 Å². The summed E-state index contributed by atoms with van der Waals surface area (Å²) >= 11 is 0. The van der Waals surface area contributed by atoms with Gasteiger partial charge in [0.25, 0.3) is 5.91 Å². The highest BCUT2D eigenvalue weighted by Crippen LogP contribution is 2.30. The van der Waals surface area contributed by atoms with Crippen molar-refractivity contribution in [3.8, 4) is 0 Å². The SMILES string of the molecule is Cc1cc(C)cc(C(=O)NCC(=O)NCC(c2ccccc2)c2c[nH]c3ccccc23)c1. The number of para-hydroxylation sites is 1. The van der Waals surface area contributed by atoms with Crippen molar-refractivity contribution in [2.45, 2.75) is 19.8 Å². The first-order chi connectivity index (χ1) is 15.5. The van der Waals surface area contributed by atoms with E-state index in [1.807, 2.05) is 74.6 Å². The van der Waals surface area contributed by atoms with E-state index in [4.69, 9.17) is 0 Å². The minimum absolute atomic E-state index is 0.00794. The van der Waals surface area contributed by atoms with Crippen molar-refractivity contribution in [3.63, 3.8) is 0 Å². The predicted molar refractivity (Wildman–Crippen MR) is 128 cm³/mol. The second kappa shape index (κ2) is 9.52. The van der Waals surface area contributed by atoms with Crippen LogP contribution >= 0.6 is 0 Å². The maximum Gasteiger partial charge on any atom is 0.251 e. The summed E-state index contributed by atoms with van der Waals surface area (Å²) in [5, 5.41) is 6.86. The third-order valence-corrected chi connectivity index (χ3v) is 5.60. The number of rotatable bonds is 7. The molecule has 32 heavy (non-hydrogen) atoms. The molecule has 3 aromatic carbocycles. The van der Waals surface area contributed by atoms with Crippen molar-refractivity contribution in [2.24, 2.45) is 0 Å². The van der Waals surface area contributed by atoms with Crippen LogP contribution in [0, 0.1) is 13.8 Å². The number of H-pyrrole nitrogens is 1. The van der Waals surface area contributed by atoms with Crippen LogP contribution in [0.4, 0.5) is 0 Å². The second-order valence-electron chi connectivity index (χ2n) is 8.12. The van der Waals surface area contributed by atoms with Gasteiger partial charge in [-0.3, -0.25) is 9.59 Å². The number of nitrogens with one attached hydrogen (secondary N) is 3. The van der Waals surface area contributed by atoms with Gasteiger partial charge in [-0.25, -0.2) is 0 Å². The van der Waals surface area contributed by atoms with E-state index >= 15 is 0 Å². The molecule has 0 spiro atoms. The average Bonchev–Trinajstić information content (AvgIpc) is 3.22. The number of carbonyl (C=O) groups excluding carboxylic acids is 2. The topological polar surface area (TPSA) is 74.0 Å². The molecule has 0 bridgehead atoms. The highest BCUT2D eigenvalue weighted by atomic mass is 16.2. The van der Waals surface area contributed by atoms with Gasteiger partial charge >= 0.3 is 0 Å². The highest BCUT2D eigenvalue weighted by Gasteiger charge is 2.19. The molecular formula is C27H27N3O2. The number of hydrogen-bond donors (Lipinski definition) is 3. The summed E-state index contributed by atoms with van der Waals surface area (Å²) in [7, 11) is 0. The van der Waals surface area contributed by atoms with Gasteiger partial charge in [-0.2, -0.15) is 0 Å². The zero-order valence-corrected chi connectivity index (χ0v) is 18.3. The summed E-state index contributed by atoms with van der Waals surface area (Å²) in [4.78, 5) is 28.3. The summed E-state index contributed by atoms with van der Waals surface area (Å²) in [6.07, 6.45) is 2.01. The lowest BCUT2D eigenvalue weighted by Crippen LogP contribution is -2.38. The monoisotopic (exact) mass is 425 g/mol. The van der Waals surface area contributed by atoms with Gasteiger partial charge in [0.1, 0.15) is 0 Å². The Morgan fingerprint density at radius 1 is 0.875 bits per heavy atom. The fourth-order valence-electron chi connectivity index (χ4n) is 4.12. The molecule has 1 heterocycles. The molecule has 162 valence electrons. The Morgan fingerprint density at radius 2 is 1.56 bits per heavy atom. The molecule has 0 saturated carbocycles. The van der Waals surface area contributed by atoms with E-state index in [-0.39, 0.29) is 24.3 Å². The molecule has 1 aromatic heterocycles. The summed E-state index contributed by atoms with van der Waals surface area (Å²) in [6, 6.07) is 23.9. The van der Waals surface area contributed by atoms with Crippen molar-refractivity contribution >= 4 is 22.7 Å². The van der Waals surface area contributed by atoms with E-state index in [9.17, 15) is 9.59 Å². The van der Waals surface area contributed by atoms with Crippen LogP contribution in [0.25, 0.3) is 10.9 Å². The van der Waals surface area contributed by atoms with Crippen molar-refractivity contribution in [1.82, 2.24) is 15.6 Å². The second-order valence-corrected chi connectivity index (χ2v) is 8.12. The minimum atomic E-state index is -0.247. The molecule has 0 aliphatic heterocycles. The van der Waals surface area contributed by atoms with Crippen LogP contribution in [0.5, 0.6) is 0 Å². The van der Waals surface area contributed by atoms with Crippen LogP contribution in [0.15, 0.2) is 79.0 Å². The van der Waals surface area contributed by atoms with Crippen LogP contribution in [-0.4, -0.2) is 29.9 Å². The van der Waals surface area contributed by atoms with Crippen LogP contribution in [-0.2, 0) is 4.79 Å². The molecule has 0 fully saturated rings. The minimum Gasteiger partial charge on any atom is -0.361 e. The van der Waals surface area contributed by atoms with E-state index in [0.717, 1.165) is 33.2 Å². The van der Waals surface area contributed by atoms with Gasteiger partial charge < -0.3 is 15.6 Å². The maximum absolute atomic E-state index is 12.5. The van der Waals surface area contributed by atoms with Gasteiger partial charge in [0, 0.05) is 35.1 Å². The number of benzene rings is 3. The first-order valence-electron chi connectivity index (χ1n) is 10.8. The number of aromatic amines is 1. The Hall–Kier alpha value is -3.86. The number of aryl methyl sites for hydroxylation is 2. The third kappa shape index (κ3) is 4.89. The molecule has 0 aliphatic carbocycles. The molecule has 4 rings (SSSR count). The summed E-state index contributed by atoms with van der Waals surface area (Å²) in [5.74, 6) is -0.474. The molecular weight excluding hydrogens is 398 g/mol. The van der Waals surface area contributed by atoms with E-state index in [0.29, 0.717) is 12.1 Å². The molecule has 3 N–H and O–H groups in total. The Labute approximate surface area is 187 Å².